The zero-order chi connectivity index (χ0) is 16.8. The van der Waals surface area contributed by atoms with Gasteiger partial charge < -0.3 is 15.4 Å². The summed E-state index contributed by atoms with van der Waals surface area (Å²) in [5.41, 5.74) is 2.04. The number of nitrogens with zero attached hydrogens (tertiary/aromatic N) is 1. The van der Waals surface area contributed by atoms with E-state index in [1.54, 1.807) is 37.3 Å². The Balaban J connectivity index is 1.95. The van der Waals surface area contributed by atoms with Crippen LogP contribution in [0.1, 0.15) is 22.8 Å². The van der Waals surface area contributed by atoms with Crippen LogP contribution in [0.5, 0.6) is 5.88 Å². The third-order valence-corrected chi connectivity index (χ3v) is 3.23. The first-order chi connectivity index (χ1) is 11.0. The minimum absolute atomic E-state index is 0.288. The molecule has 1 atom stereocenters. The predicted octanol–water partition coefficient (Wildman–Crippen LogP) is 2.16. The number of amides is 2. The van der Waals surface area contributed by atoms with Gasteiger partial charge in [-0.15, -0.1) is 0 Å². The SMILES string of the molecule is COc1ccc(NC(=O)[C@H](C)NC(=O)c2cccc(C)c2)cn1. The Morgan fingerprint density at radius 2 is 2.00 bits per heavy atom. The van der Waals surface area contributed by atoms with Crippen molar-refractivity contribution in [1.82, 2.24) is 10.3 Å². The highest BCUT2D eigenvalue weighted by atomic mass is 16.5. The lowest BCUT2D eigenvalue weighted by molar-refractivity contribution is -0.117. The summed E-state index contributed by atoms with van der Waals surface area (Å²) in [4.78, 5) is 28.2. The van der Waals surface area contributed by atoms with Gasteiger partial charge in [-0.05, 0) is 32.0 Å². The smallest absolute Gasteiger partial charge is 0.251 e. The molecule has 6 nitrogen and oxygen atoms in total. The van der Waals surface area contributed by atoms with Crippen molar-refractivity contribution in [2.45, 2.75) is 19.9 Å². The molecule has 2 N–H and O–H groups in total. The molecule has 0 aliphatic carbocycles. The molecule has 1 heterocycles. The molecule has 0 unspecified atom stereocenters. The molecular formula is C17H19N3O3. The van der Waals surface area contributed by atoms with E-state index in [9.17, 15) is 9.59 Å². The fourth-order valence-corrected chi connectivity index (χ4v) is 1.96. The van der Waals surface area contributed by atoms with E-state index >= 15 is 0 Å². The van der Waals surface area contributed by atoms with E-state index in [2.05, 4.69) is 15.6 Å². The van der Waals surface area contributed by atoms with Gasteiger partial charge in [0.05, 0.1) is 19.0 Å². The molecule has 0 spiro atoms. The zero-order valence-electron chi connectivity index (χ0n) is 13.3. The molecule has 0 fully saturated rings. The van der Waals surface area contributed by atoms with Crippen LogP contribution in [0.15, 0.2) is 42.6 Å². The quantitative estimate of drug-likeness (QED) is 0.886. The summed E-state index contributed by atoms with van der Waals surface area (Å²) in [5.74, 6) is -0.147. The van der Waals surface area contributed by atoms with Crippen LogP contribution in [0.25, 0.3) is 0 Å². The molecule has 23 heavy (non-hydrogen) atoms. The Bertz CT molecular complexity index is 698. The molecule has 1 aromatic heterocycles. The van der Waals surface area contributed by atoms with E-state index in [0.29, 0.717) is 17.1 Å². The minimum Gasteiger partial charge on any atom is -0.481 e. The summed E-state index contributed by atoms with van der Waals surface area (Å²) in [6, 6.07) is 9.84. The fraction of sp³-hybridized carbons (Fsp3) is 0.235. The number of rotatable bonds is 5. The van der Waals surface area contributed by atoms with Crippen molar-refractivity contribution in [3.05, 3.63) is 53.7 Å². The summed E-state index contributed by atoms with van der Waals surface area (Å²) in [6.07, 6.45) is 1.49. The number of anilines is 1. The standard InChI is InChI=1S/C17H19N3O3/c1-11-5-4-6-13(9-11)17(22)19-12(2)16(21)20-14-7-8-15(23-3)18-10-14/h4-10,12H,1-3H3,(H,19,22)(H,20,21)/t12-/m0/s1. The van der Waals surface area contributed by atoms with Crippen molar-refractivity contribution in [1.29, 1.82) is 0 Å². The molecule has 2 aromatic rings. The van der Waals surface area contributed by atoms with Crippen LogP contribution in [0.3, 0.4) is 0 Å². The maximum Gasteiger partial charge on any atom is 0.251 e. The van der Waals surface area contributed by atoms with Crippen LogP contribution >= 0.6 is 0 Å². The second-order valence-corrected chi connectivity index (χ2v) is 5.14. The highest BCUT2D eigenvalue weighted by Gasteiger charge is 2.17. The second kappa shape index (κ2) is 7.40. The minimum atomic E-state index is -0.676. The molecule has 0 radical (unpaired) electrons. The molecule has 0 aliphatic heterocycles. The second-order valence-electron chi connectivity index (χ2n) is 5.14. The first kappa shape index (κ1) is 16.5. The molecule has 0 aliphatic rings. The number of carbonyl (C=O) groups is 2. The summed E-state index contributed by atoms with van der Waals surface area (Å²) >= 11 is 0. The summed E-state index contributed by atoms with van der Waals surface area (Å²) < 4.78 is 4.95. The van der Waals surface area contributed by atoms with Crippen LogP contribution in [0.2, 0.25) is 0 Å². The van der Waals surface area contributed by atoms with Crippen molar-refractivity contribution < 1.29 is 14.3 Å². The third kappa shape index (κ3) is 4.54. The van der Waals surface area contributed by atoms with E-state index in [0.717, 1.165) is 5.56 Å². The molecule has 2 amide bonds. The summed E-state index contributed by atoms with van der Waals surface area (Å²) in [6.45, 7) is 3.53. The maximum atomic E-state index is 12.1. The van der Waals surface area contributed by atoms with Gasteiger partial charge in [-0.25, -0.2) is 4.98 Å². The largest absolute Gasteiger partial charge is 0.481 e. The lowest BCUT2D eigenvalue weighted by atomic mass is 10.1. The molecule has 6 heteroatoms. The Hall–Kier alpha value is -2.89. The lowest BCUT2D eigenvalue weighted by Crippen LogP contribution is -2.41. The molecule has 120 valence electrons. The van der Waals surface area contributed by atoms with Gasteiger partial charge in [-0.1, -0.05) is 17.7 Å². The van der Waals surface area contributed by atoms with Gasteiger partial charge in [-0.2, -0.15) is 0 Å². The number of ether oxygens (including phenoxy) is 1. The van der Waals surface area contributed by atoms with E-state index in [4.69, 9.17) is 4.74 Å². The average molecular weight is 313 g/mol. The fourth-order valence-electron chi connectivity index (χ4n) is 1.96. The van der Waals surface area contributed by atoms with Crippen molar-refractivity contribution in [2.75, 3.05) is 12.4 Å². The van der Waals surface area contributed by atoms with Crippen molar-refractivity contribution in [3.8, 4) is 5.88 Å². The van der Waals surface area contributed by atoms with Gasteiger partial charge in [0.15, 0.2) is 0 Å². The van der Waals surface area contributed by atoms with Crippen molar-refractivity contribution >= 4 is 17.5 Å². The Morgan fingerprint density at radius 1 is 1.22 bits per heavy atom. The number of hydrogen-bond acceptors (Lipinski definition) is 4. The number of methoxy groups -OCH3 is 1. The van der Waals surface area contributed by atoms with E-state index in [1.807, 2.05) is 13.0 Å². The van der Waals surface area contributed by atoms with Gasteiger partial charge in [0, 0.05) is 11.6 Å². The molecule has 1 aromatic carbocycles. The Kier molecular flexibility index (Phi) is 5.30. The first-order valence-corrected chi connectivity index (χ1v) is 7.18. The molecule has 0 saturated carbocycles. The van der Waals surface area contributed by atoms with E-state index in [1.165, 1.54) is 13.3 Å². The average Bonchev–Trinajstić information content (AvgIpc) is 2.55. The van der Waals surface area contributed by atoms with Gasteiger partial charge in [0.25, 0.3) is 5.91 Å². The van der Waals surface area contributed by atoms with Crippen LogP contribution in [0, 0.1) is 6.92 Å². The van der Waals surface area contributed by atoms with E-state index in [-0.39, 0.29) is 11.8 Å². The van der Waals surface area contributed by atoms with Gasteiger partial charge >= 0.3 is 0 Å². The van der Waals surface area contributed by atoms with Gasteiger partial charge in [0.1, 0.15) is 6.04 Å². The normalized spacial score (nSPS) is 11.4. The van der Waals surface area contributed by atoms with Crippen molar-refractivity contribution in [3.63, 3.8) is 0 Å². The Labute approximate surface area is 134 Å². The topological polar surface area (TPSA) is 80.3 Å². The number of nitrogens with one attached hydrogen (secondary N) is 2. The lowest BCUT2D eigenvalue weighted by Gasteiger charge is -2.14. The highest BCUT2D eigenvalue weighted by Crippen LogP contribution is 2.11. The summed E-state index contributed by atoms with van der Waals surface area (Å²) in [5, 5.41) is 5.36. The molecular weight excluding hydrogens is 294 g/mol. The van der Waals surface area contributed by atoms with Gasteiger partial charge in [-0.3, -0.25) is 9.59 Å². The van der Waals surface area contributed by atoms with Gasteiger partial charge in [0.2, 0.25) is 11.8 Å². The Morgan fingerprint density at radius 3 is 2.61 bits per heavy atom. The molecule has 0 bridgehead atoms. The number of carbonyl (C=O) groups excluding carboxylic acids is 2. The number of benzene rings is 1. The monoisotopic (exact) mass is 313 g/mol. The first-order valence-electron chi connectivity index (χ1n) is 7.18. The molecule has 0 saturated heterocycles. The zero-order valence-corrected chi connectivity index (χ0v) is 13.3. The maximum absolute atomic E-state index is 12.1. The highest BCUT2D eigenvalue weighted by molar-refractivity contribution is 6.00. The number of aromatic nitrogens is 1. The molecule has 2 rings (SSSR count). The number of hydrogen-bond donors (Lipinski definition) is 2. The van der Waals surface area contributed by atoms with Crippen LogP contribution in [0.4, 0.5) is 5.69 Å². The predicted molar refractivity (Wildman–Crippen MR) is 87.5 cm³/mol. The van der Waals surface area contributed by atoms with Crippen molar-refractivity contribution in [2.24, 2.45) is 0 Å². The summed E-state index contributed by atoms with van der Waals surface area (Å²) in [7, 11) is 1.52. The van der Waals surface area contributed by atoms with Crippen LogP contribution < -0.4 is 15.4 Å². The van der Waals surface area contributed by atoms with E-state index < -0.39 is 6.04 Å². The van der Waals surface area contributed by atoms with Crippen LogP contribution in [-0.2, 0) is 4.79 Å². The van der Waals surface area contributed by atoms with Crippen LogP contribution in [-0.4, -0.2) is 29.9 Å². The third-order valence-electron chi connectivity index (χ3n) is 3.23. The number of aryl methyl sites for hydroxylation is 1. The number of pyridine rings is 1.